The van der Waals surface area contributed by atoms with Crippen LogP contribution in [0.5, 0.6) is 0 Å². The van der Waals surface area contributed by atoms with E-state index >= 15 is 0 Å². The Kier molecular flexibility index (Phi) is 52.6. The van der Waals surface area contributed by atoms with Gasteiger partial charge in [-0.1, -0.05) is 360 Å². The second-order valence-electron chi connectivity index (χ2n) is 36.6. The topological polar surface area (TPSA) is 0 Å². The van der Waals surface area contributed by atoms with Crippen molar-refractivity contribution in [1.82, 2.24) is 0 Å². The van der Waals surface area contributed by atoms with Gasteiger partial charge in [-0.15, -0.1) is 0 Å². The highest BCUT2D eigenvalue weighted by Crippen LogP contribution is 2.59. The Labute approximate surface area is 557 Å². The van der Waals surface area contributed by atoms with Crippen molar-refractivity contribution in [3.63, 3.8) is 0 Å². The Balaban J connectivity index is 0. The van der Waals surface area contributed by atoms with E-state index in [9.17, 15) is 0 Å². The molecule has 0 saturated heterocycles. The summed E-state index contributed by atoms with van der Waals surface area (Å²) in [6.07, 6.45) is 61.6. The molecule has 0 aliphatic heterocycles. The molecule has 8 bridgehead atoms. The first kappa shape index (κ1) is 89.1. The SMILES string of the molecule is CC.CC.CC(C)(C)C.CC(C)C.CC1(C)CCCC1.CC12CC3CC(CC(C3)C1)C2.CC1CCCC1.CC1CCCCC1.CCC(C)(C)C.CCC(C)C.CCC1CC2CCC1C2.CCC1CCCC1.CCC1CCCCC1.C[C@H]1CC2CCC1C2. The summed E-state index contributed by atoms with van der Waals surface area (Å²) in [7, 11) is 0. The van der Waals surface area contributed by atoms with Gasteiger partial charge in [-0.2, -0.15) is 0 Å². The zero-order valence-corrected chi connectivity index (χ0v) is 66.7. The largest absolute Gasteiger partial charge is 0.0683 e. The van der Waals surface area contributed by atoms with Crippen molar-refractivity contribution in [3.8, 4) is 0 Å². The lowest BCUT2D eigenvalue weighted by atomic mass is 9.50. The zero-order chi connectivity index (χ0) is 66.7. The molecule has 6 atom stereocenters. The van der Waals surface area contributed by atoms with Crippen LogP contribution in [0.1, 0.15) is 450 Å². The van der Waals surface area contributed by atoms with Crippen molar-refractivity contribution < 1.29 is 0 Å². The van der Waals surface area contributed by atoms with Crippen LogP contribution < -0.4 is 0 Å². The Hall–Kier alpha value is 0. The molecule has 13 fully saturated rings. The van der Waals surface area contributed by atoms with Crippen molar-refractivity contribution in [2.75, 3.05) is 0 Å². The van der Waals surface area contributed by atoms with Crippen molar-refractivity contribution >= 4 is 0 Å². The Morgan fingerprint density at radius 2 is 0.690 bits per heavy atom. The van der Waals surface area contributed by atoms with E-state index in [1.807, 2.05) is 27.7 Å². The summed E-state index contributed by atoms with van der Waals surface area (Å²) in [6.45, 7) is 60.2. The molecule has 0 aromatic rings. The Morgan fingerprint density at radius 3 is 0.839 bits per heavy atom. The fourth-order valence-corrected chi connectivity index (χ4v) is 16.8. The van der Waals surface area contributed by atoms with Crippen molar-refractivity contribution in [2.45, 2.75) is 450 Å². The van der Waals surface area contributed by atoms with Gasteiger partial charge in [0.1, 0.15) is 0 Å². The van der Waals surface area contributed by atoms with Gasteiger partial charge < -0.3 is 0 Å². The van der Waals surface area contributed by atoms with Gasteiger partial charge in [-0.05, 0) is 200 Å². The van der Waals surface area contributed by atoms with Crippen molar-refractivity contribution in [2.24, 2.45) is 110 Å². The lowest BCUT2D eigenvalue weighted by Gasteiger charge is -2.55. The van der Waals surface area contributed by atoms with E-state index in [-0.39, 0.29) is 0 Å². The lowest BCUT2D eigenvalue weighted by molar-refractivity contribution is -0.0411. The Bertz CT molecular complexity index is 1380. The van der Waals surface area contributed by atoms with Crippen LogP contribution in [-0.4, -0.2) is 0 Å². The molecule has 0 radical (unpaired) electrons. The molecule has 0 heteroatoms. The molecule has 526 valence electrons. The van der Waals surface area contributed by atoms with Crippen LogP contribution >= 0.6 is 0 Å². The number of hydrogen-bond acceptors (Lipinski definition) is 0. The minimum absolute atomic E-state index is 0.500. The first-order chi connectivity index (χ1) is 40.9. The fourth-order valence-electron chi connectivity index (χ4n) is 16.8. The first-order valence-electron chi connectivity index (χ1n) is 40.9. The molecule has 0 N–H and O–H groups in total. The van der Waals surface area contributed by atoms with Gasteiger partial charge in [-0.3, -0.25) is 0 Å². The summed E-state index contributed by atoms with van der Waals surface area (Å²) >= 11 is 0. The molecule has 0 amide bonds. The second-order valence-corrected chi connectivity index (χ2v) is 36.6. The molecule has 87 heavy (non-hydrogen) atoms. The molecule has 0 nitrogen and oxygen atoms in total. The number of rotatable bonds is 4. The normalized spacial score (nSPS) is 30.2. The Morgan fingerprint density at radius 1 is 0.379 bits per heavy atom. The van der Waals surface area contributed by atoms with E-state index in [2.05, 4.69) is 159 Å². The second kappa shape index (κ2) is 51.4. The molecule has 5 unspecified atom stereocenters. The van der Waals surface area contributed by atoms with Crippen LogP contribution in [0.3, 0.4) is 0 Å². The van der Waals surface area contributed by atoms with Gasteiger partial charge >= 0.3 is 0 Å². The molecular formula is C87H178. The maximum atomic E-state index is 2.54. The van der Waals surface area contributed by atoms with Crippen LogP contribution in [0.15, 0.2) is 0 Å². The average Bonchev–Trinajstić information content (AvgIpc) is 1.74. The fraction of sp³-hybridized carbons (Fsp3) is 1.00. The van der Waals surface area contributed by atoms with E-state index in [0.29, 0.717) is 16.2 Å². The third kappa shape index (κ3) is 49.3. The minimum Gasteiger partial charge on any atom is -0.0683 e. The first-order valence-corrected chi connectivity index (χ1v) is 40.9. The van der Waals surface area contributed by atoms with Gasteiger partial charge in [0.2, 0.25) is 0 Å². The van der Waals surface area contributed by atoms with Crippen molar-refractivity contribution in [1.29, 1.82) is 0 Å². The van der Waals surface area contributed by atoms with Crippen molar-refractivity contribution in [3.05, 3.63) is 0 Å². The molecule has 13 rings (SSSR count). The summed E-state index contributed by atoms with van der Waals surface area (Å²) < 4.78 is 0. The highest BCUT2D eigenvalue weighted by atomic mass is 14.5. The molecule has 13 aliphatic rings. The van der Waals surface area contributed by atoms with E-state index < -0.39 is 0 Å². The molecule has 0 aromatic carbocycles. The van der Waals surface area contributed by atoms with Gasteiger partial charge in [0.25, 0.3) is 0 Å². The van der Waals surface area contributed by atoms with Gasteiger partial charge in [0, 0.05) is 0 Å². The van der Waals surface area contributed by atoms with Crippen LogP contribution in [0.2, 0.25) is 0 Å². The third-order valence-corrected chi connectivity index (χ3v) is 22.6. The predicted octanol–water partition coefficient (Wildman–Crippen LogP) is 31.7. The highest BCUT2D eigenvalue weighted by Gasteiger charge is 2.48. The molecule has 0 aromatic heterocycles. The maximum Gasteiger partial charge on any atom is -0.0318 e. The number of hydrogen-bond donors (Lipinski definition) is 0. The smallest absolute Gasteiger partial charge is 0.0318 e. The molecular weight excluding hydrogens is 1040 g/mol. The summed E-state index contributed by atoms with van der Waals surface area (Å²) in [5, 5.41) is 0. The van der Waals surface area contributed by atoms with E-state index in [1.165, 1.54) is 173 Å². The minimum atomic E-state index is 0.500. The monoisotopic (exact) mass is 1220 g/mol. The van der Waals surface area contributed by atoms with Crippen LogP contribution in [0, 0.1) is 110 Å². The van der Waals surface area contributed by atoms with E-state index in [0.717, 1.165) is 94.2 Å². The van der Waals surface area contributed by atoms with Crippen LogP contribution in [-0.2, 0) is 0 Å². The standard InChI is InChI=1S/C11H18.C9H16.C8H14.C8H16.3C7H14.C6H12.C6H14.2C5H12.C4H10.2C2H6/c1-11-5-8-2-9(6-11)4-10(3-8)7-11;1-2-8-5-7-3-4-9(8)6-7;1-6-4-7-2-3-8(6)5-7;1-2-8-6-4-3-5-7-8;1-7(2)5-3-4-6-7;1-7-5-3-2-4-6-7;1-2-7-5-3-4-6-7;1-6-4-2-3-5-6;1-5-6(2,3)4;1-5(2,3)4;1-4-5(2)3;1-4(2)3;2*1-2/h8-10H,2-7H2,1H3;7-9H,2-6H2,1H3;6-8H,2-5H2,1H3;8H,2-7H2,1H3;3-6H2,1-2H3;2*7H,2-6H2,1H3;6H,2-5H2,1H3;5H2,1-4H3;1-4H3;5H,4H2,1-3H3;4H,1-3H3;2*1-2H3/t;;6-,7?,8?;;;;;;;;;;;/m..0.........../s1. The van der Waals surface area contributed by atoms with Gasteiger partial charge in [-0.25, -0.2) is 0 Å². The third-order valence-electron chi connectivity index (χ3n) is 22.6. The van der Waals surface area contributed by atoms with Gasteiger partial charge in [0.15, 0.2) is 0 Å². The molecule has 13 aliphatic carbocycles. The molecule has 0 heterocycles. The lowest BCUT2D eigenvalue weighted by Crippen LogP contribution is -2.44. The quantitative estimate of drug-likeness (QED) is 0.263. The average molecular weight is 1220 g/mol. The summed E-state index contributed by atoms with van der Waals surface area (Å²) in [6, 6.07) is 0. The zero-order valence-electron chi connectivity index (χ0n) is 66.7. The highest BCUT2D eigenvalue weighted by molar-refractivity contribution is 4.99. The van der Waals surface area contributed by atoms with Crippen LogP contribution in [0.4, 0.5) is 0 Å². The van der Waals surface area contributed by atoms with Gasteiger partial charge in [0.05, 0.1) is 0 Å². The van der Waals surface area contributed by atoms with Crippen LogP contribution in [0.25, 0.3) is 0 Å². The summed E-state index contributed by atoms with van der Waals surface area (Å²) in [5.74, 6) is 16.2. The number of fused-ring (bicyclic) bond motifs is 4. The molecule has 0 spiro atoms. The predicted molar refractivity (Wildman–Crippen MR) is 405 cm³/mol. The molecule has 13 saturated carbocycles. The maximum absolute atomic E-state index is 2.54. The van der Waals surface area contributed by atoms with E-state index in [1.54, 1.807) is 89.9 Å². The summed E-state index contributed by atoms with van der Waals surface area (Å²) in [5.41, 5.74) is 2.54. The van der Waals surface area contributed by atoms with E-state index in [4.69, 9.17) is 0 Å². The summed E-state index contributed by atoms with van der Waals surface area (Å²) in [4.78, 5) is 0.